The van der Waals surface area contributed by atoms with Crippen LogP contribution in [0.1, 0.15) is 18.9 Å². The molecule has 2 unspecified atom stereocenters. The molecule has 0 aromatic heterocycles. The van der Waals surface area contributed by atoms with Crippen molar-refractivity contribution in [2.75, 3.05) is 6.54 Å². The fraction of sp³-hybridized carbons (Fsp3) is 0.385. The molecule has 1 aromatic carbocycles. The van der Waals surface area contributed by atoms with Crippen LogP contribution in [0.2, 0.25) is 0 Å². The monoisotopic (exact) mass is 294 g/mol. The first-order chi connectivity index (χ1) is 9.42. The van der Waals surface area contributed by atoms with Gasteiger partial charge in [0, 0.05) is 12.1 Å². The van der Waals surface area contributed by atoms with E-state index in [2.05, 4.69) is 4.40 Å². The van der Waals surface area contributed by atoms with Crippen LogP contribution in [0.25, 0.3) is 0 Å². The van der Waals surface area contributed by atoms with Crippen LogP contribution in [0.15, 0.2) is 33.6 Å². The maximum atomic E-state index is 12.0. The highest BCUT2D eigenvalue weighted by atomic mass is 32.2. The van der Waals surface area contributed by atoms with Crippen LogP contribution < -0.4 is 0 Å². The number of hydrogen-bond acceptors (Lipinski definition) is 4. The second kappa shape index (κ2) is 4.31. The van der Waals surface area contributed by atoms with Crippen LogP contribution in [0.4, 0.5) is 0 Å². The van der Waals surface area contributed by atoms with Crippen molar-refractivity contribution >= 4 is 21.8 Å². The van der Waals surface area contributed by atoms with Crippen LogP contribution in [-0.2, 0) is 14.8 Å². The molecule has 1 N–H and O–H groups in total. The largest absolute Gasteiger partial charge is 0.480 e. The summed E-state index contributed by atoms with van der Waals surface area (Å²) in [6.07, 6.45) is 0.707. The van der Waals surface area contributed by atoms with E-state index in [0.29, 0.717) is 18.5 Å². The van der Waals surface area contributed by atoms with Gasteiger partial charge in [-0.15, -0.1) is 4.40 Å². The van der Waals surface area contributed by atoms with Gasteiger partial charge in [0.2, 0.25) is 0 Å². The van der Waals surface area contributed by atoms with Crippen molar-refractivity contribution in [2.45, 2.75) is 24.3 Å². The highest BCUT2D eigenvalue weighted by Gasteiger charge is 2.42. The lowest BCUT2D eigenvalue weighted by Gasteiger charge is -2.24. The average molecular weight is 294 g/mol. The summed E-state index contributed by atoms with van der Waals surface area (Å²) in [5.41, 5.74) is 0.493. The molecular weight excluding hydrogens is 280 g/mol. The third-order valence-corrected chi connectivity index (χ3v) is 5.16. The van der Waals surface area contributed by atoms with Gasteiger partial charge in [-0.25, -0.2) is 4.79 Å². The molecule has 7 heteroatoms. The van der Waals surface area contributed by atoms with Crippen molar-refractivity contribution in [2.24, 2.45) is 10.3 Å². The number of likely N-dealkylation sites (tertiary alicyclic amines) is 1. The molecular formula is C13H14N2O4S. The minimum absolute atomic E-state index is 0.0364. The normalized spacial score (nSPS) is 27.2. The molecule has 0 bridgehead atoms. The molecule has 106 valence electrons. The maximum Gasteiger partial charge on any atom is 0.326 e. The molecule has 6 nitrogen and oxygen atoms in total. The summed E-state index contributed by atoms with van der Waals surface area (Å²) in [5, 5.41) is 9.35. The number of aliphatic carboxylic acids is 1. The number of benzene rings is 1. The van der Waals surface area contributed by atoms with Crippen molar-refractivity contribution < 1.29 is 18.3 Å². The SMILES string of the molecule is CC1CCN(C2=NS(=O)(=O)c3ccccc32)C1C(=O)O. The Labute approximate surface area is 116 Å². The van der Waals surface area contributed by atoms with E-state index in [1.54, 1.807) is 23.1 Å². The first kappa shape index (κ1) is 13.1. The Morgan fingerprint density at radius 2 is 2.10 bits per heavy atom. The molecule has 2 aliphatic heterocycles. The molecule has 2 atom stereocenters. The van der Waals surface area contributed by atoms with Crippen molar-refractivity contribution in [3.05, 3.63) is 29.8 Å². The van der Waals surface area contributed by atoms with E-state index in [0.717, 1.165) is 0 Å². The zero-order chi connectivity index (χ0) is 14.5. The predicted molar refractivity (Wildman–Crippen MR) is 72.1 cm³/mol. The van der Waals surface area contributed by atoms with E-state index in [-0.39, 0.29) is 16.6 Å². The van der Waals surface area contributed by atoms with Crippen molar-refractivity contribution in [1.82, 2.24) is 4.90 Å². The third kappa shape index (κ3) is 1.81. The number of carboxylic acid groups (broad SMARTS) is 1. The minimum atomic E-state index is -3.71. The van der Waals surface area contributed by atoms with E-state index >= 15 is 0 Å². The number of sulfonamides is 1. The van der Waals surface area contributed by atoms with Crippen LogP contribution >= 0.6 is 0 Å². The summed E-state index contributed by atoms with van der Waals surface area (Å²) in [6, 6.07) is 5.80. The van der Waals surface area contributed by atoms with E-state index in [9.17, 15) is 18.3 Å². The molecule has 1 aromatic rings. The Morgan fingerprint density at radius 3 is 2.80 bits per heavy atom. The molecule has 0 saturated carbocycles. The minimum Gasteiger partial charge on any atom is -0.480 e. The van der Waals surface area contributed by atoms with Crippen molar-refractivity contribution in [1.29, 1.82) is 0 Å². The Balaban J connectivity index is 2.10. The number of carboxylic acids is 1. The maximum absolute atomic E-state index is 12.0. The zero-order valence-electron chi connectivity index (χ0n) is 10.9. The lowest BCUT2D eigenvalue weighted by atomic mass is 10.0. The van der Waals surface area contributed by atoms with Crippen LogP contribution in [0.5, 0.6) is 0 Å². The first-order valence-electron chi connectivity index (χ1n) is 6.35. The Morgan fingerprint density at radius 1 is 1.40 bits per heavy atom. The molecule has 3 rings (SSSR count). The van der Waals surface area contributed by atoms with Gasteiger partial charge in [-0.3, -0.25) is 0 Å². The highest BCUT2D eigenvalue weighted by molar-refractivity contribution is 7.90. The fourth-order valence-electron chi connectivity index (χ4n) is 2.86. The lowest BCUT2D eigenvalue weighted by molar-refractivity contribution is -0.141. The van der Waals surface area contributed by atoms with Crippen LogP contribution in [-0.4, -0.2) is 42.8 Å². The van der Waals surface area contributed by atoms with E-state index in [4.69, 9.17) is 0 Å². The summed E-state index contributed by atoms with van der Waals surface area (Å²) in [6.45, 7) is 2.36. The zero-order valence-corrected chi connectivity index (χ0v) is 11.7. The molecule has 0 spiro atoms. The topological polar surface area (TPSA) is 87.0 Å². The summed E-state index contributed by atoms with van der Waals surface area (Å²) >= 11 is 0. The quantitative estimate of drug-likeness (QED) is 0.832. The van der Waals surface area contributed by atoms with E-state index in [1.165, 1.54) is 6.07 Å². The van der Waals surface area contributed by atoms with Gasteiger partial charge in [0.05, 0.1) is 0 Å². The van der Waals surface area contributed by atoms with Gasteiger partial charge in [-0.05, 0) is 24.5 Å². The van der Waals surface area contributed by atoms with Gasteiger partial charge in [0.1, 0.15) is 10.9 Å². The first-order valence-corrected chi connectivity index (χ1v) is 7.79. The number of hydrogen-bond donors (Lipinski definition) is 1. The average Bonchev–Trinajstić information content (AvgIpc) is 2.89. The molecule has 2 aliphatic rings. The van der Waals surface area contributed by atoms with Gasteiger partial charge < -0.3 is 10.0 Å². The molecule has 0 aliphatic carbocycles. The van der Waals surface area contributed by atoms with Gasteiger partial charge in [0.15, 0.2) is 5.84 Å². The van der Waals surface area contributed by atoms with E-state index < -0.39 is 22.0 Å². The number of fused-ring (bicyclic) bond motifs is 1. The van der Waals surface area contributed by atoms with Gasteiger partial charge >= 0.3 is 5.97 Å². The number of carbonyl (C=O) groups is 1. The Kier molecular flexibility index (Phi) is 2.82. The van der Waals surface area contributed by atoms with E-state index in [1.807, 2.05) is 6.92 Å². The summed E-state index contributed by atoms with van der Waals surface area (Å²) in [5.74, 6) is -0.720. The number of amidine groups is 1. The standard InChI is InChI=1S/C13H14N2O4S/c1-8-6-7-15(11(8)13(16)17)12-9-4-2-3-5-10(9)20(18,19)14-12/h2-5,8,11H,6-7H2,1H3,(H,16,17). The van der Waals surface area contributed by atoms with Gasteiger partial charge in [-0.2, -0.15) is 8.42 Å². The van der Waals surface area contributed by atoms with Crippen molar-refractivity contribution in [3.63, 3.8) is 0 Å². The third-order valence-electron chi connectivity index (χ3n) is 3.84. The molecule has 20 heavy (non-hydrogen) atoms. The molecule has 1 saturated heterocycles. The molecule has 0 radical (unpaired) electrons. The van der Waals surface area contributed by atoms with Crippen molar-refractivity contribution in [3.8, 4) is 0 Å². The smallest absolute Gasteiger partial charge is 0.326 e. The second-order valence-electron chi connectivity index (χ2n) is 5.13. The number of nitrogens with zero attached hydrogens (tertiary/aromatic N) is 2. The lowest BCUT2D eigenvalue weighted by Crippen LogP contribution is -2.42. The summed E-state index contributed by atoms with van der Waals surface area (Å²) in [7, 11) is -3.71. The predicted octanol–water partition coefficient (Wildman–Crippen LogP) is 0.930. The van der Waals surface area contributed by atoms with Crippen LogP contribution in [0.3, 0.4) is 0 Å². The summed E-state index contributed by atoms with van der Waals surface area (Å²) in [4.78, 5) is 13.2. The Bertz CT molecular complexity index is 711. The number of rotatable bonds is 1. The van der Waals surface area contributed by atoms with Gasteiger partial charge in [-0.1, -0.05) is 19.1 Å². The molecule has 0 amide bonds. The van der Waals surface area contributed by atoms with Crippen LogP contribution in [0, 0.1) is 5.92 Å². The Hall–Kier alpha value is -1.89. The summed E-state index contributed by atoms with van der Waals surface area (Å²) < 4.78 is 27.8. The van der Waals surface area contributed by atoms with Gasteiger partial charge in [0.25, 0.3) is 10.0 Å². The second-order valence-corrected chi connectivity index (χ2v) is 6.70. The fourth-order valence-corrected chi connectivity index (χ4v) is 4.07. The molecule has 2 heterocycles. The molecule has 1 fully saturated rings. The highest BCUT2D eigenvalue weighted by Crippen LogP contribution is 2.32.